The molecule has 1 aliphatic rings. The summed E-state index contributed by atoms with van der Waals surface area (Å²) in [5, 5.41) is 13.3. The minimum absolute atomic E-state index is 0.0110. The van der Waals surface area contributed by atoms with Crippen LogP contribution in [-0.4, -0.2) is 88.9 Å². The predicted molar refractivity (Wildman–Crippen MR) is 382 cm³/mol. The van der Waals surface area contributed by atoms with Crippen LogP contribution in [-0.2, 0) is 53.1 Å². The number of nitrogens with zero attached hydrogens (tertiary/aromatic N) is 3. The Labute approximate surface area is 577 Å². The summed E-state index contributed by atoms with van der Waals surface area (Å²) in [6, 6.07) is 9.97. The van der Waals surface area contributed by atoms with Crippen LogP contribution < -0.4 is 15.0 Å². The average Bonchev–Trinajstić information content (AvgIpc) is 0.801. The first kappa shape index (κ1) is 81.7. The first-order chi connectivity index (χ1) is 45.6. The standard InChI is InChI=1S/C78H123ClN4O12/c1-11-13-15-17-19-21-23-25-27-29-31-33-35-37-72(86)91-55-65(56-92-73(87)38-36-34-32-30-28-26-24-22-20-18-16-14-12-2)94-74(88)47-59(6)48-75(89)95-68-46-58(5)45-61(8)77(68)78(9,10)51-76(90)93-64-42-40-63(41-43-64)83(54-57(3)4)67-44-39-62(60(7)49-71(84)85)50-66(67)82-70-53-80-69(79)52-81-70/h39,44-46,50,52-53,57,59-60,63-65H,11-38,40-43,47-49,51,54-56H2,1-10H3,(H,81,82)(H,84,85)/t59?,60-,63-,64-/m1/s1. The molecule has 1 heterocycles. The summed E-state index contributed by atoms with van der Waals surface area (Å²) in [6.07, 6.45) is 36.0. The zero-order chi connectivity index (χ0) is 69.4. The van der Waals surface area contributed by atoms with Crippen LogP contribution in [0, 0.1) is 25.7 Å². The fourth-order valence-electron chi connectivity index (χ4n) is 13.2. The van der Waals surface area contributed by atoms with E-state index in [4.69, 9.17) is 35.3 Å². The van der Waals surface area contributed by atoms with Crippen molar-refractivity contribution >= 4 is 64.6 Å². The molecule has 1 unspecified atom stereocenters. The lowest BCUT2D eigenvalue weighted by Crippen LogP contribution is -2.42. The Morgan fingerprint density at radius 2 is 1.13 bits per heavy atom. The summed E-state index contributed by atoms with van der Waals surface area (Å²) >= 11 is 6.08. The smallest absolute Gasteiger partial charge is 0.311 e. The second kappa shape index (κ2) is 46.4. The highest BCUT2D eigenvalue weighted by Gasteiger charge is 2.35. The fraction of sp³-hybridized carbons (Fsp3) is 0.718. The van der Waals surface area contributed by atoms with Gasteiger partial charge in [-0.25, -0.2) is 9.97 Å². The highest BCUT2D eigenvalue weighted by molar-refractivity contribution is 6.29. The summed E-state index contributed by atoms with van der Waals surface area (Å²) in [6.45, 7) is 20.5. The average molecular weight is 1340 g/mol. The second-order valence-corrected chi connectivity index (χ2v) is 28.9. The molecule has 1 aromatic heterocycles. The van der Waals surface area contributed by atoms with Crippen LogP contribution in [0.5, 0.6) is 5.75 Å². The third-order valence-electron chi connectivity index (χ3n) is 18.3. The van der Waals surface area contributed by atoms with Gasteiger partial charge in [0, 0.05) is 49.2 Å². The van der Waals surface area contributed by atoms with Gasteiger partial charge in [0.2, 0.25) is 0 Å². The third kappa shape index (κ3) is 34.3. The van der Waals surface area contributed by atoms with Gasteiger partial charge in [0.1, 0.15) is 36.0 Å². The molecule has 0 aliphatic heterocycles. The lowest BCUT2D eigenvalue weighted by Gasteiger charge is -2.40. The lowest BCUT2D eigenvalue weighted by molar-refractivity contribution is -0.167. The number of nitrogens with one attached hydrogen (secondary N) is 1. The number of ether oxygens (including phenoxy) is 5. The minimum atomic E-state index is -1.01. The Morgan fingerprint density at radius 3 is 1.61 bits per heavy atom. The summed E-state index contributed by atoms with van der Waals surface area (Å²) in [7, 11) is 0. The van der Waals surface area contributed by atoms with E-state index in [1.807, 2.05) is 52.8 Å². The van der Waals surface area contributed by atoms with Crippen molar-refractivity contribution in [1.29, 1.82) is 0 Å². The number of aromatic nitrogens is 2. The number of carboxylic acids is 1. The first-order valence-corrected chi connectivity index (χ1v) is 37.3. The van der Waals surface area contributed by atoms with Gasteiger partial charge in [-0.05, 0) is 105 Å². The Bertz CT molecular complexity index is 2670. The lowest BCUT2D eigenvalue weighted by atomic mass is 9.78. The molecule has 17 heteroatoms. The molecule has 0 spiro atoms. The Morgan fingerprint density at radius 1 is 0.621 bits per heavy atom. The number of halogens is 1. The van der Waals surface area contributed by atoms with E-state index in [0.29, 0.717) is 48.7 Å². The van der Waals surface area contributed by atoms with E-state index in [1.54, 1.807) is 19.2 Å². The molecule has 1 aliphatic carbocycles. The Kier molecular flexibility index (Phi) is 39.9. The van der Waals surface area contributed by atoms with Gasteiger partial charge < -0.3 is 39.0 Å². The van der Waals surface area contributed by atoms with Gasteiger partial charge in [0.15, 0.2) is 6.10 Å². The zero-order valence-corrected chi connectivity index (χ0v) is 61.0. The molecule has 2 atom stereocenters. The van der Waals surface area contributed by atoms with Gasteiger partial charge in [-0.15, -0.1) is 0 Å². The van der Waals surface area contributed by atoms with Crippen molar-refractivity contribution in [1.82, 2.24) is 9.97 Å². The molecule has 95 heavy (non-hydrogen) atoms. The summed E-state index contributed by atoms with van der Waals surface area (Å²) in [5.74, 6) is -2.74. The SMILES string of the molecule is CCCCCCCCCCCCCCCC(=O)OCC(COC(=O)CCCCCCCCCCCCCCC)OC(=O)CC(C)CC(=O)Oc1cc(C)cc(C)c1C(C)(C)CC(=O)O[C@H]1CC[C@H](N(CC(C)C)c2ccc([C@H](C)CC(=O)O)cc2Nc2cnc(Cl)cn2)CC1. The van der Waals surface area contributed by atoms with Crippen LogP contribution in [0.25, 0.3) is 0 Å². The van der Waals surface area contributed by atoms with Gasteiger partial charge in [0.25, 0.3) is 0 Å². The van der Waals surface area contributed by atoms with E-state index in [2.05, 4.69) is 53.9 Å². The molecule has 2 N–H and O–H groups in total. The number of anilines is 3. The number of carbonyl (C=O) groups is 6. The van der Waals surface area contributed by atoms with E-state index in [9.17, 15) is 33.9 Å². The fourth-order valence-corrected chi connectivity index (χ4v) is 13.3. The number of hydrogen-bond donors (Lipinski definition) is 2. The van der Waals surface area contributed by atoms with Crippen LogP contribution in [0.1, 0.15) is 315 Å². The van der Waals surface area contributed by atoms with E-state index >= 15 is 0 Å². The van der Waals surface area contributed by atoms with Crippen LogP contribution in [0.3, 0.4) is 0 Å². The van der Waals surface area contributed by atoms with E-state index in [-0.39, 0.29) is 92.9 Å². The number of hydrogen-bond acceptors (Lipinski definition) is 15. The third-order valence-corrected chi connectivity index (χ3v) is 18.5. The van der Waals surface area contributed by atoms with E-state index < -0.39 is 35.3 Å². The van der Waals surface area contributed by atoms with Crippen molar-refractivity contribution < 1.29 is 57.6 Å². The number of rotatable bonds is 51. The number of benzene rings is 2. The van der Waals surface area contributed by atoms with Gasteiger partial charge in [-0.3, -0.25) is 28.8 Å². The van der Waals surface area contributed by atoms with Crippen molar-refractivity contribution in [2.24, 2.45) is 11.8 Å². The van der Waals surface area contributed by atoms with Gasteiger partial charge in [-0.1, -0.05) is 233 Å². The summed E-state index contributed by atoms with van der Waals surface area (Å²) < 4.78 is 29.5. The Balaban J connectivity index is 1.31. The van der Waals surface area contributed by atoms with Crippen LogP contribution in [0.2, 0.25) is 5.15 Å². The number of esters is 5. The van der Waals surface area contributed by atoms with Crippen LogP contribution in [0.4, 0.5) is 17.2 Å². The maximum absolute atomic E-state index is 14.0. The molecule has 0 amide bonds. The molecule has 1 fully saturated rings. The van der Waals surface area contributed by atoms with Gasteiger partial charge in [-0.2, -0.15) is 0 Å². The Hall–Kier alpha value is -5.77. The topological polar surface area (TPSA) is 210 Å². The van der Waals surface area contributed by atoms with E-state index in [0.717, 1.165) is 86.0 Å². The molecule has 0 saturated heterocycles. The summed E-state index contributed by atoms with van der Waals surface area (Å²) in [4.78, 5) is 90.1. The first-order valence-electron chi connectivity index (χ1n) is 37.0. The predicted octanol–water partition coefficient (Wildman–Crippen LogP) is 20.0. The molecular formula is C78H123ClN4O12. The van der Waals surface area contributed by atoms with Gasteiger partial charge >= 0.3 is 35.8 Å². The molecule has 0 radical (unpaired) electrons. The maximum atomic E-state index is 14.0. The van der Waals surface area contributed by atoms with Crippen molar-refractivity contribution in [3.63, 3.8) is 0 Å². The van der Waals surface area contributed by atoms with Crippen molar-refractivity contribution in [3.8, 4) is 5.75 Å². The van der Waals surface area contributed by atoms with Crippen LogP contribution in [0.15, 0.2) is 42.7 Å². The van der Waals surface area contributed by atoms with E-state index in [1.165, 1.54) is 122 Å². The number of carbonyl (C=O) groups excluding carboxylic acids is 5. The number of carboxylic acid groups (broad SMARTS) is 1. The molecule has 3 aromatic rings. The maximum Gasteiger partial charge on any atom is 0.311 e. The minimum Gasteiger partial charge on any atom is -0.481 e. The van der Waals surface area contributed by atoms with Crippen LogP contribution >= 0.6 is 11.6 Å². The molecular weight excluding hydrogens is 1220 g/mol. The summed E-state index contributed by atoms with van der Waals surface area (Å²) in [5.41, 5.74) is 4.24. The van der Waals surface area contributed by atoms with Crippen molar-refractivity contribution in [2.45, 2.75) is 330 Å². The quantitative estimate of drug-likeness (QED) is 0.0233. The zero-order valence-electron chi connectivity index (χ0n) is 60.2. The molecule has 4 rings (SSSR count). The molecule has 2 aromatic carbocycles. The highest BCUT2D eigenvalue weighted by Crippen LogP contribution is 2.41. The number of aliphatic carboxylic acids is 1. The molecule has 1 saturated carbocycles. The number of aryl methyl sites for hydroxylation is 2. The molecule has 0 bridgehead atoms. The highest BCUT2D eigenvalue weighted by atomic mass is 35.5. The van der Waals surface area contributed by atoms with Crippen molar-refractivity contribution in [2.75, 3.05) is 30.0 Å². The number of unbranched alkanes of at least 4 members (excludes halogenated alkanes) is 24. The second-order valence-electron chi connectivity index (χ2n) is 28.6. The molecule has 534 valence electrons. The monoisotopic (exact) mass is 1340 g/mol. The van der Waals surface area contributed by atoms with Crippen molar-refractivity contribution in [3.05, 3.63) is 70.1 Å². The molecule has 16 nitrogen and oxygen atoms in total. The van der Waals surface area contributed by atoms with Gasteiger partial charge in [0.05, 0.1) is 36.6 Å². The normalized spacial score (nSPS) is 14.7. The largest absolute Gasteiger partial charge is 0.481 e.